The molecule has 1 unspecified atom stereocenters. The molecule has 0 bridgehead atoms. The lowest BCUT2D eigenvalue weighted by Crippen LogP contribution is -2.01. The van der Waals surface area contributed by atoms with Crippen molar-refractivity contribution in [3.63, 3.8) is 0 Å². The summed E-state index contributed by atoms with van der Waals surface area (Å²) in [7, 11) is 0. The Morgan fingerprint density at radius 2 is 1.06 bits per heavy atom. The molecule has 0 heterocycles. The molecule has 6 aromatic rings. The summed E-state index contributed by atoms with van der Waals surface area (Å²) < 4.78 is 0. The first-order chi connectivity index (χ1) is 17.6. The van der Waals surface area contributed by atoms with Crippen molar-refractivity contribution in [1.29, 1.82) is 0 Å². The molecule has 1 N–H and O–H groups in total. The molecule has 0 aliphatic rings. The van der Waals surface area contributed by atoms with Crippen molar-refractivity contribution >= 4 is 80.7 Å². The number of rotatable bonds is 4. The number of alkyl halides is 2. The minimum absolute atomic E-state index is 0.122. The van der Waals surface area contributed by atoms with E-state index in [1.807, 2.05) is 60.7 Å². The average Bonchev–Trinajstić information content (AvgIpc) is 2.95. The number of hydrogen-bond acceptors (Lipinski definition) is 2. The molecule has 0 amide bonds. The van der Waals surface area contributed by atoms with Gasteiger partial charge in [-0.15, -0.1) is 0 Å². The Bertz CT molecular complexity index is 1710. The molecule has 6 rings (SSSR count). The lowest BCUT2D eigenvalue weighted by molar-refractivity contribution is 0.102. The fourth-order valence-electron chi connectivity index (χ4n) is 4.80. The Morgan fingerprint density at radius 3 is 1.61 bits per heavy atom. The second-order valence-corrected chi connectivity index (χ2v) is 9.86. The van der Waals surface area contributed by atoms with Crippen LogP contribution in [0.1, 0.15) is 22.0 Å². The maximum Gasteiger partial charge on any atom is 0.174 e. The Hall–Kier alpha value is -3.05. The van der Waals surface area contributed by atoms with Crippen molar-refractivity contribution in [3.8, 4) is 0 Å². The van der Waals surface area contributed by atoms with Gasteiger partial charge in [-0.2, -0.15) is 0 Å². The van der Waals surface area contributed by atoms with Gasteiger partial charge in [-0.05, 0) is 60.8 Å². The van der Waals surface area contributed by atoms with E-state index in [-0.39, 0.29) is 5.78 Å². The topological polar surface area (TPSA) is 37.3 Å². The van der Waals surface area contributed by atoms with Crippen molar-refractivity contribution in [3.05, 3.63) is 120 Å². The molecule has 2 nitrogen and oxygen atoms in total. The number of benzene rings is 6. The first-order valence-electron chi connectivity index (χ1n) is 11.8. The average molecular weight is 600 g/mol. The lowest BCUT2D eigenvalue weighted by atomic mass is 9.95. The van der Waals surface area contributed by atoms with Crippen LogP contribution in [-0.4, -0.2) is 21.5 Å². The van der Waals surface area contributed by atoms with E-state index >= 15 is 0 Å². The smallest absolute Gasteiger partial charge is 0.174 e. The number of aliphatic hydroxyl groups excluding tert-OH is 1. The first-order valence-corrected chi connectivity index (χ1v) is 14.0. The Labute approximate surface area is 226 Å². The number of ketones is 1. The summed E-state index contributed by atoms with van der Waals surface area (Å²) >= 11 is 6.60. The highest BCUT2D eigenvalue weighted by Gasteiger charge is 2.13. The third kappa shape index (κ3) is 4.69. The third-order valence-corrected chi connectivity index (χ3v) is 7.62. The van der Waals surface area contributed by atoms with Crippen molar-refractivity contribution in [2.45, 2.75) is 6.10 Å². The van der Waals surface area contributed by atoms with Gasteiger partial charge >= 0.3 is 0 Å². The number of carbonyl (C=O) groups excluding carboxylic acids is 1. The van der Waals surface area contributed by atoms with Crippen LogP contribution in [0.15, 0.2) is 109 Å². The van der Waals surface area contributed by atoms with Gasteiger partial charge in [-0.1, -0.05) is 129 Å². The summed E-state index contributed by atoms with van der Waals surface area (Å²) in [5.74, 6) is 0.122. The number of Topliss-reactive ketones (excluding diaryl/α,β-unsaturated/α-hetero) is 1. The van der Waals surface area contributed by atoms with Crippen LogP contribution in [0.25, 0.3) is 43.1 Å². The van der Waals surface area contributed by atoms with Crippen LogP contribution >= 0.6 is 31.9 Å². The second-order valence-electron chi connectivity index (χ2n) is 8.65. The van der Waals surface area contributed by atoms with E-state index in [9.17, 15) is 9.90 Å². The van der Waals surface area contributed by atoms with E-state index in [4.69, 9.17) is 0 Å². The first kappa shape index (κ1) is 24.6. The van der Waals surface area contributed by atoms with Gasteiger partial charge < -0.3 is 5.11 Å². The summed E-state index contributed by atoms with van der Waals surface area (Å²) in [5, 5.41) is 20.3. The molecule has 0 aliphatic carbocycles. The van der Waals surface area contributed by atoms with Gasteiger partial charge in [0.1, 0.15) is 0 Å². The zero-order valence-electron chi connectivity index (χ0n) is 19.5. The van der Waals surface area contributed by atoms with Gasteiger partial charge in [-0.3, -0.25) is 4.79 Å². The highest BCUT2D eigenvalue weighted by molar-refractivity contribution is 9.09. The molecular formula is C32H24Br2O2. The van der Waals surface area contributed by atoms with Crippen LogP contribution in [0.3, 0.4) is 0 Å². The molecule has 4 heteroatoms. The fourth-order valence-corrected chi connectivity index (χ4v) is 5.45. The molecule has 0 fully saturated rings. The largest absolute Gasteiger partial charge is 0.388 e. The molecule has 0 aromatic heterocycles. The second kappa shape index (κ2) is 10.9. The SMILES string of the molecule is O=C(CBr)c1cc2ccccc2c2ccccc12.OC(CBr)c1cc2ccccc2c2ccccc12. The Kier molecular flexibility index (Phi) is 7.47. The van der Waals surface area contributed by atoms with Crippen LogP contribution in [0.2, 0.25) is 0 Å². The van der Waals surface area contributed by atoms with Gasteiger partial charge in [0.25, 0.3) is 0 Å². The normalized spacial score (nSPS) is 12.0. The predicted molar refractivity (Wildman–Crippen MR) is 160 cm³/mol. The number of halogens is 2. The van der Waals surface area contributed by atoms with Crippen molar-refractivity contribution in [2.24, 2.45) is 0 Å². The number of fused-ring (bicyclic) bond motifs is 6. The maximum atomic E-state index is 12.0. The van der Waals surface area contributed by atoms with E-state index in [1.54, 1.807) is 0 Å². The van der Waals surface area contributed by atoms with Crippen LogP contribution in [-0.2, 0) is 0 Å². The van der Waals surface area contributed by atoms with Crippen LogP contribution < -0.4 is 0 Å². The van der Waals surface area contributed by atoms with Gasteiger partial charge in [-0.25, -0.2) is 0 Å². The van der Waals surface area contributed by atoms with E-state index in [0.29, 0.717) is 10.7 Å². The predicted octanol–water partition coefficient (Wildman–Crippen LogP) is 8.99. The molecule has 0 aliphatic heterocycles. The highest BCUT2D eigenvalue weighted by atomic mass is 79.9. The van der Waals surface area contributed by atoms with Crippen molar-refractivity contribution < 1.29 is 9.90 Å². The van der Waals surface area contributed by atoms with Crippen LogP contribution in [0, 0.1) is 0 Å². The van der Waals surface area contributed by atoms with Crippen molar-refractivity contribution in [1.82, 2.24) is 0 Å². The van der Waals surface area contributed by atoms with Gasteiger partial charge in [0.2, 0.25) is 0 Å². The molecule has 1 atom stereocenters. The zero-order chi connectivity index (χ0) is 25.1. The van der Waals surface area contributed by atoms with Crippen molar-refractivity contribution in [2.75, 3.05) is 10.7 Å². The number of carbonyl (C=O) groups is 1. The Morgan fingerprint density at radius 1 is 0.611 bits per heavy atom. The molecule has 0 saturated heterocycles. The summed E-state index contributed by atoms with van der Waals surface area (Å²) in [6, 6.07) is 36.9. The van der Waals surface area contributed by atoms with E-state index in [1.165, 1.54) is 21.5 Å². The van der Waals surface area contributed by atoms with Crippen LogP contribution in [0.5, 0.6) is 0 Å². The van der Waals surface area contributed by atoms with Gasteiger partial charge in [0, 0.05) is 10.9 Å². The molecule has 6 aromatic carbocycles. The van der Waals surface area contributed by atoms with Gasteiger partial charge in [0.05, 0.1) is 11.4 Å². The van der Waals surface area contributed by atoms with E-state index < -0.39 is 6.10 Å². The fraction of sp³-hybridized carbons (Fsp3) is 0.0938. The summed E-state index contributed by atoms with van der Waals surface area (Å²) in [6.07, 6.45) is -0.473. The lowest BCUT2D eigenvalue weighted by Gasteiger charge is -2.13. The highest BCUT2D eigenvalue weighted by Crippen LogP contribution is 2.32. The minimum atomic E-state index is -0.473. The summed E-state index contributed by atoms with van der Waals surface area (Å²) in [6.45, 7) is 0. The zero-order valence-corrected chi connectivity index (χ0v) is 22.7. The van der Waals surface area contributed by atoms with Crippen LogP contribution in [0.4, 0.5) is 0 Å². The quantitative estimate of drug-likeness (QED) is 0.125. The molecular weight excluding hydrogens is 576 g/mol. The number of hydrogen-bond donors (Lipinski definition) is 1. The summed E-state index contributed by atoms with van der Waals surface area (Å²) in [4.78, 5) is 12.0. The molecule has 0 spiro atoms. The molecule has 0 radical (unpaired) electrons. The maximum absolute atomic E-state index is 12.0. The minimum Gasteiger partial charge on any atom is -0.388 e. The molecule has 36 heavy (non-hydrogen) atoms. The standard InChI is InChI=1S/C16H13BrO.C16H11BrO/c2*17-10-16(18)15-9-11-5-1-2-6-12(11)13-7-3-4-8-14(13)15/h1-9,16,18H,10H2;1-9H,10H2. The Balaban J connectivity index is 0.000000148. The van der Waals surface area contributed by atoms with E-state index in [0.717, 1.165) is 32.7 Å². The molecule has 0 saturated carbocycles. The monoisotopic (exact) mass is 598 g/mol. The number of aliphatic hydroxyl groups is 1. The van der Waals surface area contributed by atoms with E-state index in [2.05, 4.69) is 80.4 Å². The molecule has 178 valence electrons. The third-order valence-electron chi connectivity index (χ3n) is 6.50. The summed E-state index contributed by atoms with van der Waals surface area (Å²) in [5.41, 5.74) is 1.78. The van der Waals surface area contributed by atoms with Gasteiger partial charge in [0.15, 0.2) is 5.78 Å².